The van der Waals surface area contributed by atoms with Gasteiger partial charge in [-0.25, -0.2) is 0 Å². The van der Waals surface area contributed by atoms with Crippen LogP contribution in [0.15, 0.2) is 78.9 Å². The lowest BCUT2D eigenvalue weighted by atomic mass is 10.1. The third-order valence-corrected chi connectivity index (χ3v) is 4.06. The largest absolute Gasteiger partial charge is 0.489 e. The third kappa shape index (κ3) is 5.86. The predicted molar refractivity (Wildman–Crippen MR) is 99.2 cm³/mol. The molecule has 0 radical (unpaired) electrons. The topological polar surface area (TPSA) is 21.3 Å². The van der Waals surface area contributed by atoms with Crippen molar-refractivity contribution in [3.8, 4) is 5.75 Å². The van der Waals surface area contributed by atoms with E-state index in [4.69, 9.17) is 4.74 Å². The van der Waals surface area contributed by atoms with Crippen molar-refractivity contribution in [2.75, 3.05) is 0 Å². The number of hydrogen-bond acceptors (Lipinski definition) is 2. The Morgan fingerprint density at radius 2 is 1.33 bits per heavy atom. The van der Waals surface area contributed by atoms with E-state index in [2.05, 4.69) is 5.32 Å². The van der Waals surface area contributed by atoms with Crippen molar-refractivity contribution in [3.05, 3.63) is 101 Å². The van der Waals surface area contributed by atoms with Gasteiger partial charge in [0.1, 0.15) is 12.4 Å². The van der Waals surface area contributed by atoms with Crippen molar-refractivity contribution in [2.45, 2.75) is 25.9 Å². The summed E-state index contributed by atoms with van der Waals surface area (Å²) in [6.07, 6.45) is -4.32. The van der Waals surface area contributed by atoms with Gasteiger partial charge >= 0.3 is 6.18 Å². The van der Waals surface area contributed by atoms with Gasteiger partial charge in [-0.2, -0.15) is 13.2 Å². The minimum Gasteiger partial charge on any atom is -0.489 e. The van der Waals surface area contributed by atoms with Gasteiger partial charge in [-0.1, -0.05) is 60.7 Å². The highest BCUT2D eigenvalue weighted by molar-refractivity contribution is 5.29. The second kappa shape index (κ2) is 8.73. The molecule has 3 aromatic carbocycles. The first kappa shape index (κ1) is 19.0. The van der Waals surface area contributed by atoms with Crippen LogP contribution in [0.4, 0.5) is 13.2 Å². The van der Waals surface area contributed by atoms with E-state index in [1.165, 1.54) is 12.1 Å². The Morgan fingerprint density at radius 3 is 2.04 bits per heavy atom. The summed E-state index contributed by atoms with van der Waals surface area (Å²) in [7, 11) is 0. The highest BCUT2D eigenvalue weighted by Gasteiger charge is 2.30. The maximum Gasteiger partial charge on any atom is 0.416 e. The summed E-state index contributed by atoms with van der Waals surface area (Å²) >= 11 is 0. The second-order valence-corrected chi connectivity index (χ2v) is 6.22. The molecule has 0 saturated carbocycles. The van der Waals surface area contributed by atoms with Crippen LogP contribution in [0.3, 0.4) is 0 Å². The van der Waals surface area contributed by atoms with Crippen LogP contribution >= 0.6 is 0 Å². The minimum atomic E-state index is -4.32. The van der Waals surface area contributed by atoms with Gasteiger partial charge in [0.05, 0.1) is 5.56 Å². The fourth-order valence-corrected chi connectivity index (χ4v) is 2.69. The number of halogens is 3. The zero-order valence-corrected chi connectivity index (χ0v) is 14.7. The molecule has 0 aliphatic rings. The summed E-state index contributed by atoms with van der Waals surface area (Å²) in [5.74, 6) is 0.761. The molecule has 0 amide bonds. The third-order valence-electron chi connectivity index (χ3n) is 4.06. The second-order valence-electron chi connectivity index (χ2n) is 6.22. The lowest BCUT2D eigenvalue weighted by Gasteiger charge is -2.11. The normalized spacial score (nSPS) is 11.4. The monoisotopic (exact) mass is 371 g/mol. The van der Waals surface area contributed by atoms with E-state index in [-0.39, 0.29) is 0 Å². The van der Waals surface area contributed by atoms with Crippen molar-refractivity contribution in [2.24, 2.45) is 0 Å². The number of nitrogens with one attached hydrogen (secondary N) is 1. The molecule has 3 rings (SSSR count). The van der Waals surface area contributed by atoms with E-state index in [1.54, 1.807) is 6.07 Å². The molecule has 5 heteroatoms. The summed E-state index contributed by atoms with van der Waals surface area (Å²) in [5, 5.41) is 3.17. The molecule has 27 heavy (non-hydrogen) atoms. The van der Waals surface area contributed by atoms with Crippen LogP contribution < -0.4 is 10.1 Å². The molecule has 0 aliphatic carbocycles. The van der Waals surface area contributed by atoms with Gasteiger partial charge in [-0.3, -0.25) is 0 Å². The number of benzene rings is 3. The summed E-state index contributed by atoms with van der Waals surface area (Å²) in [4.78, 5) is 0. The molecule has 0 saturated heterocycles. The Kier molecular flexibility index (Phi) is 6.14. The molecule has 0 atom stereocenters. The number of rotatable bonds is 7. The maximum absolute atomic E-state index is 12.8. The van der Waals surface area contributed by atoms with Crippen LogP contribution in [-0.2, 0) is 25.9 Å². The molecule has 0 unspecified atom stereocenters. The smallest absolute Gasteiger partial charge is 0.416 e. The zero-order chi connectivity index (χ0) is 19.1. The fraction of sp³-hybridized carbons (Fsp3) is 0.182. The lowest BCUT2D eigenvalue weighted by molar-refractivity contribution is -0.137. The van der Waals surface area contributed by atoms with Gasteiger partial charge in [0, 0.05) is 13.1 Å². The molecule has 0 aliphatic heterocycles. The molecule has 0 bridgehead atoms. The fourth-order valence-electron chi connectivity index (χ4n) is 2.69. The summed E-state index contributed by atoms with van der Waals surface area (Å²) in [5.41, 5.74) is 2.07. The van der Waals surface area contributed by atoms with Crippen molar-refractivity contribution in [3.63, 3.8) is 0 Å². The molecule has 0 heterocycles. The van der Waals surface area contributed by atoms with Gasteiger partial charge in [0.25, 0.3) is 0 Å². The van der Waals surface area contributed by atoms with Crippen molar-refractivity contribution in [1.29, 1.82) is 0 Å². The molecular weight excluding hydrogens is 351 g/mol. The molecule has 1 N–H and O–H groups in total. The quantitative estimate of drug-likeness (QED) is 0.586. The summed E-state index contributed by atoms with van der Waals surface area (Å²) in [6, 6.07) is 22.9. The van der Waals surface area contributed by atoms with Crippen LogP contribution in [0.25, 0.3) is 0 Å². The predicted octanol–water partition coefficient (Wildman–Crippen LogP) is 5.57. The van der Waals surface area contributed by atoms with E-state index in [0.717, 1.165) is 22.9 Å². The Balaban J connectivity index is 1.53. The minimum absolute atomic E-state index is 0.360. The first-order chi connectivity index (χ1) is 13.0. The van der Waals surface area contributed by atoms with E-state index in [9.17, 15) is 13.2 Å². The van der Waals surface area contributed by atoms with Crippen LogP contribution in [0.2, 0.25) is 0 Å². The average Bonchev–Trinajstić information content (AvgIpc) is 2.67. The first-order valence-electron chi connectivity index (χ1n) is 8.63. The Morgan fingerprint density at radius 1 is 0.704 bits per heavy atom. The molecule has 0 fully saturated rings. The standard InChI is InChI=1S/C22H20F3NO/c23-22(24,25)20-10-4-8-18(12-20)14-26-15-19-9-5-11-21(13-19)27-16-17-6-2-1-3-7-17/h1-13,26H,14-16H2. The van der Waals surface area contributed by atoms with Crippen LogP contribution in [0.1, 0.15) is 22.3 Å². The number of ether oxygens (including phenoxy) is 1. The van der Waals surface area contributed by atoms with Gasteiger partial charge in [-0.15, -0.1) is 0 Å². The van der Waals surface area contributed by atoms with E-state index in [1.807, 2.05) is 54.6 Å². The van der Waals surface area contributed by atoms with Crippen LogP contribution in [0.5, 0.6) is 5.75 Å². The molecular formula is C22H20F3NO. The highest BCUT2D eigenvalue weighted by Crippen LogP contribution is 2.29. The summed E-state index contributed by atoms with van der Waals surface area (Å²) in [6.45, 7) is 1.39. The van der Waals surface area contributed by atoms with E-state index < -0.39 is 11.7 Å². The molecule has 0 aromatic heterocycles. The Labute approximate surface area is 156 Å². The molecule has 0 spiro atoms. The van der Waals surface area contributed by atoms with Gasteiger partial charge in [0.2, 0.25) is 0 Å². The first-order valence-corrected chi connectivity index (χ1v) is 8.63. The van der Waals surface area contributed by atoms with E-state index in [0.29, 0.717) is 25.3 Å². The average molecular weight is 371 g/mol. The Bertz CT molecular complexity index is 863. The highest BCUT2D eigenvalue weighted by atomic mass is 19.4. The summed E-state index contributed by atoms with van der Waals surface area (Å²) < 4.78 is 44.1. The van der Waals surface area contributed by atoms with Gasteiger partial charge in [0.15, 0.2) is 0 Å². The lowest BCUT2D eigenvalue weighted by Crippen LogP contribution is -2.14. The maximum atomic E-state index is 12.8. The van der Waals surface area contributed by atoms with Gasteiger partial charge in [-0.05, 0) is 34.9 Å². The van der Waals surface area contributed by atoms with Crippen molar-refractivity contribution in [1.82, 2.24) is 5.32 Å². The zero-order valence-electron chi connectivity index (χ0n) is 14.7. The SMILES string of the molecule is FC(F)(F)c1cccc(CNCc2cccc(OCc3ccccc3)c2)c1. The van der Waals surface area contributed by atoms with Crippen molar-refractivity contribution < 1.29 is 17.9 Å². The van der Waals surface area contributed by atoms with E-state index >= 15 is 0 Å². The molecule has 2 nitrogen and oxygen atoms in total. The van der Waals surface area contributed by atoms with Crippen LogP contribution in [-0.4, -0.2) is 0 Å². The van der Waals surface area contributed by atoms with Crippen molar-refractivity contribution >= 4 is 0 Å². The molecule has 3 aromatic rings. The van der Waals surface area contributed by atoms with Gasteiger partial charge < -0.3 is 10.1 Å². The number of hydrogen-bond donors (Lipinski definition) is 1. The molecule has 140 valence electrons. The van der Waals surface area contributed by atoms with Crippen LogP contribution in [0, 0.1) is 0 Å². The Hall–Kier alpha value is -2.79. The number of alkyl halides is 3.